The van der Waals surface area contributed by atoms with Gasteiger partial charge in [0.05, 0.1) is 0 Å². The summed E-state index contributed by atoms with van der Waals surface area (Å²) in [6.07, 6.45) is 0. The van der Waals surface area contributed by atoms with Crippen LogP contribution >= 0.6 is 24.0 Å². The molecule has 0 saturated carbocycles. The molecule has 5 heteroatoms. The summed E-state index contributed by atoms with van der Waals surface area (Å²) in [5, 5.41) is 0. The lowest BCUT2D eigenvalue weighted by atomic mass is 10.1. The van der Waals surface area contributed by atoms with Crippen molar-refractivity contribution in [2.75, 3.05) is 24.6 Å². The van der Waals surface area contributed by atoms with Crippen molar-refractivity contribution in [1.29, 1.82) is 0 Å². The number of nitrogens with zero attached hydrogens (tertiary/aromatic N) is 1. The van der Waals surface area contributed by atoms with E-state index in [0.29, 0.717) is 5.56 Å². The SMILES string of the molecule is NC(=S)c1cc(F)cc(CN2CCSCC2)c1. The van der Waals surface area contributed by atoms with Crippen molar-refractivity contribution >= 4 is 29.0 Å². The van der Waals surface area contributed by atoms with E-state index < -0.39 is 0 Å². The summed E-state index contributed by atoms with van der Waals surface area (Å²) in [4.78, 5) is 2.58. The predicted octanol–water partition coefficient (Wildman–Crippen LogP) is 2.01. The lowest BCUT2D eigenvalue weighted by Crippen LogP contribution is -2.32. The van der Waals surface area contributed by atoms with Crippen molar-refractivity contribution in [3.05, 3.63) is 35.1 Å². The molecule has 2 rings (SSSR count). The van der Waals surface area contributed by atoms with Gasteiger partial charge in [0.15, 0.2) is 0 Å². The molecule has 1 aliphatic heterocycles. The second-order valence-corrected chi connectivity index (χ2v) is 5.77. The van der Waals surface area contributed by atoms with E-state index in [0.717, 1.165) is 36.7 Å². The third-order valence-electron chi connectivity index (χ3n) is 2.75. The normalized spacial score (nSPS) is 17.0. The highest BCUT2D eigenvalue weighted by molar-refractivity contribution is 7.99. The lowest BCUT2D eigenvalue weighted by Gasteiger charge is -2.26. The minimum Gasteiger partial charge on any atom is -0.389 e. The summed E-state index contributed by atoms with van der Waals surface area (Å²) in [5.74, 6) is 2.03. The summed E-state index contributed by atoms with van der Waals surface area (Å²) in [6, 6.07) is 4.83. The van der Waals surface area contributed by atoms with Gasteiger partial charge in [0, 0.05) is 36.7 Å². The van der Waals surface area contributed by atoms with E-state index in [-0.39, 0.29) is 10.8 Å². The standard InChI is InChI=1S/C12H15FN2S2/c13-11-6-9(5-10(7-11)12(14)16)8-15-1-3-17-4-2-15/h5-7H,1-4,8H2,(H2,14,16). The fourth-order valence-corrected chi connectivity index (χ4v) is 3.00. The van der Waals surface area contributed by atoms with Gasteiger partial charge in [0.1, 0.15) is 10.8 Å². The molecule has 0 unspecified atom stereocenters. The number of rotatable bonds is 3. The Morgan fingerprint density at radius 2 is 2.06 bits per heavy atom. The lowest BCUT2D eigenvalue weighted by molar-refractivity contribution is 0.294. The van der Waals surface area contributed by atoms with Crippen LogP contribution in [0.5, 0.6) is 0 Å². The van der Waals surface area contributed by atoms with Crippen LogP contribution in [-0.4, -0.2) is 34.5 Å². The average molecular weight is 270 g/mol. The molecule has 0 aromatic heterocycles. The Kier molecular flexibility index (Phi) is 4.36. The number of nitrogens with two attached hydrogens (primary N) is 1. The average Bonchev–Trinajstić information content (AvgIpc) is 2.29. The summed E-state index contributed by atoms with van der Waals surface area (Å²) < 4.78 is 13.4. The van der Waals surface area contributed by atoms with Crippen molar-refractivity contribution < 1.29 is 4.39 Å². The van der Waals surface area contributed by atoms with Gasteiger partial charge in [-0.25, -0.2) is 4.39 Å². The second kappa shape index (κ2) is 5.80. The van der Waals surface area contributed by atoms with Crippen LogP contribution in [0.2, 0.25) is 0 Å². The summed E-state index contributed by atoms with van der Waals surface area (Å²) in [5.41, 5.74) is 7.09. The summed E-state index contributed by atoms with van der Waals surface area (Å²) in [7, 11) is 0. The number of thioether (sulfide) groups is 1. The first kappa shape index (κ1) is 12.8. The summed E-state index contributed by atoms with van der Waals surface area (Å²) >= 11 is 6.84. The number of halogens is 1. The van der Waals surface area contributed by atoms with Crippen molar-refractivity contribution in [3.63, 3.8) is 0 Å². The Labute approximate surface area is 110 Å². The highest BCUT2D eigenvalue weighted by Gasteiger charge is 2.12. The molecular formula is C12H15FN2S2. The molecule has 1 aromatic carbocycles. The zero-order chi connectivity index (χ0) is 12.3. The molecule has 1 aliphatic rings. The molecule has 0 aliphatic carbocycles. The molecule has 92 valence electrons. The van der Waals surface area contributed by atoms with Gasteiger partial charge >= 0.3 is 0 Å². The molecule has 2 nitrogen and oxygen atoms in total. The van der Waals surface area contributed by atoms with Gasteiger partial charge in [-0.15, -0.1) is 0 Å². The highest BCUT2D eigenvalue weighted by Crippen LogP contribution is 2.15. The van der Waals surface area contributed by atoms with Crippen LogP contribution in [0.3, 0.4) is 0 Å². The molecule has 2 N–H and O–H groups in total. The van der Waals surface area contributed by atoms with E-state index in [4.69, 9.17) is 18.0 Å². The van der Waals surface area contributed by atoms with Gasteiger partial charge in [-0.1, -0.05) is 12.2 Å². The van der Waals surface area contributed by atoms with Gasteiger partial charge < -0.3 is 5.73 Å². The maximum Gasteiger partial charge on any atom is 0.124 e. The van der Waals surface area contributed by atoms with E-state index in [9.17, 15) is 4.39 Å². The smallest absolute Gasteiger partial charge is 0.124 e. The maximum atomic E-state index is 13.4. The summed E-state index contributed by atoms with van der Waals surface area (Å²) in [6.45, 7) is 2.89. The Bertz CT molecular complexity index is 417. The Morgan fingerprint density at radius 3 is 2.71 bits per heavy atom. The molecule has 1 saturated heterocycles. The van der Waals surface area contributed by atoms with Crippen molar-refractivity contribution in [2.24, 2.45) is 5.73 Å². The molecule has 1 heterocycles. The van der Waals surface area contributed by atoms with E-state index in [2.05, 4.69) is 4.90 Å². The molecule has 17 heavy (non-hydrogen) atoms. The molecule has 0 bridgehead atoms. The van der Waals surface area contributed by atoms with Gasteiger partial charge in [-0.2, -0.15) is 11.8 Å². The molecule has 1 aromatic rings. The minimum absolute atomic E-state index is 0.250. The molecule has 0 spiro atoms. The van der Waals surface area contributed by atoms with Crippen LogP contribution in [0.15, 0.2) is 18.2 Å². The van der Waals surface area contributed by atoms with E-state index in [1.807, 2.05) is 17.8 Å². The van der Waals surface area contributed by atoms with Crippen LogP contribution < -0.4 is 5.73 Å². The van der Waals surface area contributed by atoms with E-state index in [1.165, 1.54) is 6.07 Å². The largest absolute Gasteiger partial charge is 0.389 e. The Balaban J connectivity index is 2.11. The number of thiocarbonyl (C=S) groups is 1. The van der Waals surface area contributed by atoms with Crippen LogP contribution in [0.4, 0.5) is 4.39 Å². The van der Waals surface area contributed by atoms with Crippen molar-refractivity contribution in [1.82, 2.24) is 4.90 Å². The zero-order valence-corrected chi connectivity index (χ0v) is 11.1. The topological polar surface area (TPSA) is 29.3 Å². The number of benzene rings is 1. The first-order valence-electron chi connectivity index (χ1n) is 5.54. The molecule has 0 radical (unpaired) electrons. The fourth-order valence-electron chi connectivity index (χ4n) is 1.90. The van der Waals surface area contributed by atoms with E-state index >= 15 is 0 Å². The molecule has 0 atom stereocenters. The zero-order valence-electron chi connectivity index (χ0n) is 9.49. The first-order chi connectivity index (χ1) is 8.15. The first-order valence-corrected chi connectivity index (χ1v) is 7.11. The number of hydrogen-bond acceptors (Lipinski definition) is 3. The van der Waals surface area contributed by atoms with Gasteiger partial charge in [-0.3, -0.25) is 4.90 Å². The second-order valence-electron chi connectivity index (χ2n) is 4.10. The van der Waals surface area contributed by atoms with Crippen LogP contribution in [0, 0.1) is 5.82 Å². The van der Waals surface area contributed by atoms with E-state index in [1.54, 1.807) is 6.07 Å². The Morgan fingerprint density at radius 1 is 1.35 bits per heavy atom. The van der Waals surface area contributed by atoms with Gasteiger partial charge in [0.2, 0.25) is 0 Å². The Hall–Kier alpha value is -0.650. The predicted molar refractivity (Wildman–Crippen MR) is 74.9 cm³/mol. The third kappa shape index (κ3) is 3.66. The van der Waals surface area contributed by atoms with Crippen molar-refractivity contribution in [2.45, 2.75) is 6.54 Å². The van der Waals surface area contributed by atoms with Crippen molar-refractivity contribution in [3.8, 4) is 0 Å². The van der Waals surface area contributed by atoms with Gasteiger partial charge in [-0.05, 0) is 23.8 Å². The molecular weight excluding hydrogens is 255 g/mol. The maximum absolute atomic E-state index is 13.4. The van der Waals surface area contributed by atoms with Crippen LogP contribution in [0.25, 0.3) is 0 Å². The van der Waals surface area contributed by atoms with Crippen LogP contribution in [-0.2, 0) is 6.54 Å². The molecule has 1 fully saturated rings. The fraction of sp³-hybridized carbons (Fsp3) is 0.417. The number of hydrogen-bond donors (Lipinski definition) is 1. The molecule has 0 amide bonds. The third-order valence-corrected chi connectivity index (χ3v) is 3.93. The highest BCUT2D eigenvalue weighted by atomic mass is 32.2. The quantitative estimate of drug-likeness (QED) is 0.851. The van der Waals surface area contributed by atoms with Gasteiger partial charge in [0.25, 0.3) is 0 Å². The minimum atomic E-state index is -0.267. The van der Waals surface area contributed by atoms with Crippen LogP contribution in [0.1, 0.15) is 11.1 Å². The monoisotopic (exact) mass is 270 g/mol.